The van der Waals surface area contributed by atoms with Crippen molar-refractivity contribution >= 4 is 5.97 Å². The first kappa shape index (κ1) is 14.5. The Kier molecular flexibility index (Phi) is 3.79. The molecule has 0 fully saturated rings. The minimum absolute atomic E-state index is 0.271. The van der Waals surface area contributed by atoms with E-state index in [1.54, 1.807) is 0 Å². The zero-order valence-corrected chi connectivity index (χ0v) is 13.0. The summed E-state index contributed by atoms with van der Waals surface area (Å²) in [5.74, 6) is 1.27. The van der Waals surface area contributed by atoms with Gasteiger partial charge in [-0.1, -0.05) is 6.07 Å². The highest BCUT2D eigenvalue weighted by Gasteiger charge is 2.18. The maximum atomic E-state index is 12.0. The number of nitrogens with zero attached hydrogens (tertiary/aromatic N) is 1. The molecule has 5 heteroatoms. The third-order valence-corrected chi connectivity index (χ3v) is 3.85. The molecule has 3 rings (SSSR count). The van der Waals surface area contributed by atoms with Gasteiger partial charge in [0.2, 0.25) is 6.79 Å². The van der Waals surface area contributed by atoms with Gasteiger partial charge in [-0.15, -0.1) is 0 Å². The van der Waals surface area contributed by atoms with Crippen LogP contribution >= 0.6 is 0 Å². The van der Waals surface area contributed by atoms with Crippen LogP contribution in [0.4, 0.5) is 0 Å². The van der Waals surface area contributed by atoms with E-state index in [0.717, 1.165) is 28.5 Å². The van der Waals surface area contributed by atoms with Crippen molar-refractivity contribution in [2.24, 2.45) is 0 Å². The van der Waals surface area contributed by atoms with E-state index in [-0.39, 0.29) is 12.8 Å². The molecule has 1 aromatic carbocycles. The summed E-state index contributed by atoms with van der Waals surface area (Å²) in [6, 6.07) is 7.78. The first-order valence-electron chi connectivity index (χ1n) is 7.32. The molecule has 0 saturated carbocycles. The van der Waals surface area contributed by atoms with Crippen LogP contribution in [0, 0.1) is 13.8 Å². The molecule has 0 bridgehead atoms. The first-order chi connectivity index (χ1) is 10.6. The fraction of sp³-hybridized carbons (Fsp3) is 0.353. The number of carbonyl (C=O) groups is 1. The number of hydrogen-bond acceptors (Lipinski definition) is 4. The van der Waals surface area contributed by atoms with E-state index >= 15 is 0 Å². The zero-order valence-electron chi connectivity index (χ0n) is 13.0. The molecule has 1 aliphatic rings. The summed E-state index contributed by atoms with van der Waals surface area (Å²) < 4.78 is 17.9. The number of hydrogen-bond donors (Lipinski definition) is 0. The van der Waals surface area contributed by atoms with Crippen LogP contribution in [0.1, 0.15) is 34.2 Å². The van der Waals surface area contributed by atoms with Gasteiger partial charge < -0.3 is 18.8 Å². The van der Waals surface area contributed by atoms with Gasteiger partial charge in [-0.05, 0) is 44.5 Å². The van der Waals surface area contributed by atoms with E-state index in [1.165, 1.54) is 0 Å². The van der Waals surface area contributed by atoms with Crippen LogP contribution in [0.3, 0.4) is 0 Å². The fourth-order valence-electron chi connectivity index (χ4n) is 2.68. The Bertz CT molecular complexity index is 718. The van der Waals surface area contributed by atoms with Gasteiger partial charge >= 0.3 is 5.97 Å². The van der Waals surface area contributed by atoms with Gasteiger partial charge in [0.15, 0.2) is 11.5 Å². The SMILES string of the molecule is CCOC(=O)c1cc(C)n(Cc2ccc3c(c2)OCO3)c1C. The Labute approximate surface area is 129 Å². The van der Waals surface area contributed by atoms with Crippen LogP contribution in [0.15, 0.2) is 24.3 Å². The van der Waals surface area contributed by atoms with Crippen molar-refractivity contribution in [1.82, 2.24) is 4.57 Å². The number of aromatic nitrogens is 1. The number of rotatable bonds is 4. The lowest BCUT2D eigenvalue weighted by molar-refractivity contribution is 0.0525. The molecule has 1 aliphatic heterocycles. The molecule has 0 amide bonds. The average molecular weight is 301 g/mol. The van der Waals surface area contributed by atoms with Gasteiger partial charge in [-0.3, -0.25) is 0 Å². The molecule has 22 heavy (non-hydrogen) atoms. The van der Waals surface area contributed by atoms with Crippen molar-refractivity contribution in [1.29, 1.82) is 0 Å². The van der Waals surface area contributed by atoms with Crippen LogP contribution in [0.25, 0.3) is 0 Å². The quantitative estimate of drug-likeness (QED) is 0.814. The highest BCUT2D eigenvalue weighted by Crippen LogP contribution is 2.33. The third kappa shape index (κ3) is 2.54. The van der Waals surface area contributed by atoms with Crippen LogP contribution < -0.4 is 9.47 Å². The lowest BCUT2D eigenvalue weighted by Gasteiger charge is -2.10. The summed E-state index contributed by atoms with van der Waals surface area (Å²) in [6.45, 7) is 7.06. The Balaban J connectivity index is 1.88. The van der Waals surface area contributed by atoms with Crippen molar-refractivity contribution in [3.63, 3.8) is 0 Å². The molecule has 0 N–H and O–H groups in total. The molecule has 0 saturated heterocycles. The molecule has 0 spiro atoms. The molecule has 0 aliphatic carbocycles. The maximum Gasteiger partial charge on any atom is 0.339 e. The van der Waals surface area contributed by atoms with Crippen molar-refractivity contribution in [3.8, 4) is 11.5 Å². The van der Waals surface area contributed by atoms with Gasteiger partial charge in [-0.25, -0.2) is 4.79 Å². The number of carbonyl (C=O) groups excluding carboxylic acids is 1. The molecule has 0 radical (unpaired) electrons. The average Bonchev–Trinajstić information content (AvgIpc) is 3.06. The number of benzene rings is 1. The summed E-state index contributed by atoms with van der Waals surface area (Å²) in [6.07, 6.45) is 0. The maximum absolute atomic E-state index is 12.0. The predicted octanol–water partition coefficient (Wildman–Crippen LogP) is 3.06. The van der Waals surface area contributed by atoms with Gasteiger partial charge in [0.1, 0.15) is 0 Å². The van der Waals surface area contributed by atoms with Crippen molar-refractivity contribution in [2.75, 3.05) is 13.4 Å². The van der Waals surface area contributed by atoms with E-state index in [1.807, 2.05) is 45.0 Å². The molecule has 5 nitrogen and oxygen atoms in total. The standard InChI is InChI=1S/C17H19NO4/c1-4-20-17(19)14-7-11(2)18(12(14)3)9-13-5-6-15-16(8-13)22-10-21-15/h5-8H,4,9-10H2,1-3H3. The topological polar surface area (TPSA) is 49.7 Å². The molecule has 0 unspecified atom stereocenters. The molecular weight excluding hydrogens is 282 g/mol. The second-order valence-corrected chi connectivity index (χ2v) is 5.28. The monoisotopic (exact) mass is 301 g/mol. The molecule has 116 valence electrons. The van der Waals surface area contributed by atoms with Gasteiger partial charge in [0, 0.05) is 17.9 Å². The Morgan fingerprint density at radius 1 is 1.23 bits per heavy atom. The predicted molar refractivity (Wildman–Crippen MR) is 81.5 cm³/mol. The normalized spacial score (nSPS) is 12.5. The number of esters is 1. The fourth-order valence-corrected chi connectivity index (χ4v) is 2.68. The van der Waals surface area contributed by atoms with E-state index in [9.17, 15) is 4.79 Å². The third-order valence-electron chi connectivity index (χ3n) is 3.85. The van der Waals surface area contributed by atoms with Crippen molar-refractivity contribution < 1.29 is 19.0 Å². The largest absolute Gasteiger partial charge is 0.462 e. The Morgan fingerprint density at radius 3 is 2.77 bits per heavy atom. The van der Waals surface area contributed by atoms with Crippen LogP contribution in [-0.4, -0.2) is 23.9 Å². The van der Waals surface area contributed by atoms with Gasteiger partial charge in [-0.2, -0.15) is 0 Å². The minimum Gasteiger partial charge on any atom is -0.462 e. The Hall–Kier alpha value is -2.43. The highest BCUT2D eigenvalue weighted by atomic mass is 16.7. The van der Waals surface area contributed by atoms with E-state index in [0.29, 0.717) is 18.7 Å². The lowest BCUT2D eigenvalue weighted by atomic mass is 10.2. The van der Waals surface area contributed by atoms with E-state index in [2.05, 4.69) is 4.57 Å². The number of fused-ring (bicyclic) bond motifs is 1. The lowest BCUT2D eigenvalue weighted by Crippen LogP contribution is -2.08. The smallest absolute Gasteiger partial charge is 0.339 e. The van der Waals surface area contributed by atoms with Gasteiger partial charge in [0.05, 0.1) is 12.2 Å². The summed E-state index contributed by atoms with van der Waals surface area (Å²) in [4.78, 5) is 12.0. The molecular formula is C17H19NO4. The number of ether oxygens (including phenoxy) is 3. The molecule has 1 aromatic heterocycles. The summed E-state index contributed by atoms with van der Waals surface area (Å²) >= 11 is 0. The van der Waals surface area contributed by atoms with E-state index < -0.39 is 0 Å². The zero-order chi connectivity index (χ0) is 15.7. The summed E-state index contributed by atoms with van der Waals surface area (Å²) in [7, 11) is 0. The van der Waals surface area contributed by atoms with Crippen LogP contribution in [0.2, 0.25) is 0 Å². The van der Waals surface area contributed by atoms with Crippen molar-refractivity contribution in [2.45, 2.75) is 27.3 Å². The molecule has 2 aromatic rings. The second kappa shape index (κ2) is 5.75. The minimum atomic E-state index is -0.271. The second-order valence-electron chi connectivity index (χ2n) is 5.28. The molecule has 0 atom stereocenters. The Morgan fingerprint density at radius 2 is 2.00 bits per heavy atom. The first-order valence-corrected chi connectivity index (χ1v) is 7.32. The molecule has 2 heterocycles. The van der Waals surface area contributed by atoms with Crippen molar-refractivity contribution in [3.05, 3.63) is 46.8 Å². The van der Waals surface area contributed by atoms with Crippen LogP contribution in [0.5, 0.6) is 11.5 Å². The van der Waals surface area contributed by atoms with E-state index in [4.69, 9.17) is 14.2 Å². The highest BCUT2D eigenvalue weighted by molar-refractivity contribution is 5.91. The van der Waals surface area contributed by atoms with Crippen LogP contribution in [-0.2, 0) is 11.3 Å². The summed E-state index contributed by atoms with van der Waals surface area (Å²) in [5.41, 5.74) is 3.66. The van der Waals surface area contributed by atoms with Gasteiger partial charge in [0.25, 0.3) is 0 Å². The number of aryl methyl sites for hydroxylation is 1. The summed E-state index contributed by atoms with van der Waals surface area (Å²) in [5, 5.41) is 0.